The molecular formula is C12H10F3N5. The first-order valence-electron chi connectivity index (χ1n) is 5.72. The lowest BCUT2D eigenvalue weighted by Crippen LogP contribution is -2.08. The number of imidazole rings is 1. The fourth-order valence-electron chi connectivity index (χ4n) is 2.23. The Morgan fingerprint density at radius 3 is 2.60 bits per heavy atom. The van der Waals surface area contributed by atoms with Crippen LogP contribution in [0.3, 0.4) is 0 Å². The minimum atomic E-state index is -1.29. The van der Waals surface area contributed by atoms with E-state index in [-0.39, 0.29) is 11.6 Å². The van der Waals surface area contributed by atoms with Crippen LogP contribution in [0.1, 0.15) is 5.69 Å². The summed E-state index contributed by atoms with van der Waals surface area (Å²) in [6.07, 6.45) is 0. The predicted octanol–water partition coefficient (Wildman–Crippen LogP) is 2.07. The normalized spacial score (nSPS) is 11.4. The SMILES string of the molecule is Cc1nn(C)c2c1nc(N)n2-c1cc(F)cc(F)c1F. The molecule has 2 N–H and O–H groups in total. The minimum absolute atomic E-state index is 0.0694. The third-order valence-electron chi connectivity index (χ3n) is 3.04. The van der Waals surface area contributed by atoms with Crippen LogP contribution in [-0.2, 0) is 7.05 Å². The molecule has 104 valence electrons. The van der Waals surface area contributed by atoms with Crippen LogP contribution < -0.4 is 5.73 Å². The molecule has 2 heterocycles. The molecule has 0 atom stereocenters. The average Bonchev–Trinajstić information content (AvgIpc) is 2.83. The van der Waals surface area contributed by atoms with Gasteiger partial charge in [-0.15, -0.1) is 0 Å². The van der Waals surface area contributed by atoms with Crippen LogP contribution in [0.15, 0.2) is 12.1 Å². The first-order chi connectivity index (χ1) is 9.40. The molecule has 0 fully saturated rings. The molecule has 2 aromatic heterocycles. The molecule has 0 saturated carbocycles. The van der Waals surface area contributed by atoms with Crippen molar-refractivity contribution < 1.29 is 13.2 Å². The van der Waals surface area contributed by atoms with Gasteiger partial charge in [-0.1, -0.05) is 0 Å². The molecule has 0 unspecified atom stereocenters. The molecule has 0 bridgehead atoms. The zero-order valence-corrected chi connectivity index (χ0v) is 10.7. The summed E-state index contributed by atoms with van der Waals surface area (Å²) in [6, 6.07) is 1.33. The predicted molar refractivity (Wildman–Crippen MR) is 66.9 cm³/mol. The fourth-order valence-corrected chi connectivity index (χ4v) is 2.23. The maximum absolute atomic E-state index is 13.9. The molecule has 0 aliphatic rings. The first-order valence-corrected chi connectivity index (χ1v) is 5.72. The molecule has 3 rings (SSSR count). The molecule has 8 heteroatoms. The summed E-state index contributed by atoms with van der Waals surface area (Å²) in [5, 5.41) is 4.12. The summed E-state index contributed by atoms with van der Waals surface area (Å²) in [7, 11) is 1.61. The van der Waals surface area contributed by atoms with Crippen molar-refractivity contribution in [3.63, 3.8) is 0 Å². The maximum atomic E-state index is 13.9. The van der Waals surface area contributed by atoms with E-state index >= 15 is 0 Å². The number of nitrogen functional groups attached to an aromatic ring is 1. The van der Waals surface area contributed by atoms with Gasteiger partial charge in [0.25, 0.3) is 0 Å². The quantitative estimate of drug-likeness (QED) is 0.694. The van der Waals surface area contributed by atoms with E-state index in [4.69, 9.17) is 5.73 Å². The van der Waals surface area contributed by atoms with Gasteiger partial charge in [-0.2, -0.15) is 5.10 Å². The van der Waals surface area contributed by atoms with Crippen molar-refractivity contribution in [3.05, 3.63) is 35.3 Å². The van der Waals surface area contributed by atoms with E-state index in [0.29, 0.717) is 22.9 Å². The number of halogens is 3. The van der Waals surface area contributed by atoms with Gasteiger partial charge < -0.3 is 5.73 Å². The summed E-state index contributed by atoms with van der Waals surface area (Å²) in [5.74, 6) is -3.46. The van der Waals surface area contributed by atoms with Crippen LogP contribution in [0.25, 0.3) is 16.9 Å². The van der Waals surface area contributed by atoms with Gasteiger partial charge in [-0.3, -0.25) is 4.57 Å². The Labute approximate surface area is 111 Å². The summed E-state index contributed by atoms with van der Waals surface area (Å²) in [4.78, 5) is 4.06. The molecular weight excluding hydrogens is 271 g/mol. The summed E-state index contributed by atoms with van der Waals surface area (Å²) < 4.78 is 43.2. The minimum Gasteiger partial charge on any atom is -0.369 e. The molecule has 1 aromatic carbocycles. The Hall–Kier alpha value is -2.51. The molecule has 5 nitrogen and oxygen atoms in total. The number of nitrogens with zero attached hydrogens (tertiary/aromatic N) is 4. The van der Waals surface area contributed by atoms with E-state index < -0.39 is 17.5 Å². The highest BCUT2D eigenvalue weighted by Gasteiger charge is 2.21. The van der Waals surface area contributed by atoms with E-state index in [1.54, 1.807) is 14.0 Å². The number of nitrogens with two attached hydrogens (primary N) is 1. The van der Waals surface area contributed by atoms with Crippen molar-refractivity contribution in [2.75, 3.05) is 5.73 Å². The van der Waals surface area contributed by atoms with Crippen LogP contribution in [0.5, 0.6) is 0 Å². The van der Waals surface area contributed by atoms with Crippen LogP contribution >= 0.6 is 0 Å². The highest BCUT2D eigenvalue weighted by Crippen LogP contribution is 2.27. The van der Waals surface area contributed by atoms with Crippen molar-refractivity contribution in [2.24, 2.45) is 7.05 Å². The zero-order chi connectivity index (χ0) is 14.6. The highest BCUT2D eigenvalue weighted by atomic mass is 19.2. The number of rotatable bonds is 1. The van der Waals surface area contributed by atoms with Crippen LogP contribution in [0.2, 0.25) is 0 Å². The van der Waals surface area contributed by atoms with Gasteiger partial charge in [0.1, 0.15) is 11.3 Å². The topological polar surface area (TPSA) is 61.7 Å². The number of anilines is 1. The molecule has 0 radical (unpaired) electrons. The van der Waals surface area contributed by atoms with Gasteiger partial charge in [-0.05, 0) is 6.92 Å². The number of hydrogen-bond donors (Lipinski definition) is 1. The van der Waals surface area contributed by atoms with Gasteiger partial charge in [-0.25, -0.2) is 22.8 Å². The van der Waals surface area contributed by atoms with Crippen molar-refractivity contribution in [1.29, 1.82) is 0 Å². The largest absolute Gasteiger partial charge is 0.369 e. The third-order valence-corrected chi connectivity index (χ3v) is 3.04. The Balaban J connectivity index is 2.43. The van der Waals surface area contributed by atoms with Crippen molar-refractivity contribution in [3.8, 4) is 5.69 Å². The van der Waals surface area contributed by atoms with E-state index in [1.807, 2.05) is 0 Å². The second kappa shape index (κ2) is 3.99. The van der Waals surface area contributed by atoms with Crippen LogP contribution in [0, 0.1) is 24.4 Å². The molecule has 0 spiro atoms. The Morgan fingerprint density at radius 1 is 1.20 bits per heavy atom. The summed E-state index contributed by atoms with van der Waals surface area (Å²) >= 11 is 0. The lowest BCUT2D eigenvalue weighted by atomic mass is 10.2. The number of benzene rings is 1. The standard InChI is InChI=1S/C12H10F3N5/c1-5-10-11(19(2)18-5)20(12(16)17-10)8-4-6(13)3-7(14)9(8)15/h3-4H,1-2H3,(H2,16,17). The van der Waals surface area contributed by atoms with Gasteiger partial charge in [0.05, 0.1) is 11.4 Å². The van der Waals surface area contributed by atoms with Gasteiger partial charge >= 0.3 is 0 Å². The summed E-state index contributed by atoms with van der Waals surface area (Å²) in [6.45, 7) is 1.71. The number of fused-ring (bicyclic) bond motifs is 1. The smallest absolute Gasteiger partial charge is 0.207 e. The maximum Gasteiger partial charge on any atom is 0.207 e. The van der Waals surface area contributed by atoms with Crippen molar-refractivity contribution in [2.45, 2.75) is 6.92 Å². The number of aromatic nitrogens is 4. The summed E-state index contributed by atoms with van der Waals surface area (Å²) in [5.41, 5.74) is 6.80. The Bertz CT molecular complexity index is 834. The zero-order valence-electron chi connectivity index (χ0n) is 10.7. The average molecular weight is 281 g/mol. The van der Waals surface area contributed by atoms with Gasteiger partial charge in [0, 0.05) is 19.2 Å². The molecule has 20 heavy (non-hydrogen) atoms. The molecule has 3 aromatic rings. The molecule has 0 saturated heterocycles. The monoisotopic (exact) mass is 281 g/mol. The lowest BCUT2D eigenvalue weighted by molar-refractivity contribution is 0.491. The van der Waals surface area contributed by atoms with Crippen molar-refractivity contribution in [1.82, 2.24) is 19.3 Å². The number of hydrogen-bond acceptors (Lipinski definition) is 3. The van der Waals surface area contributed by atoms with E-state index in [1.165, 1.54) is 4.68 Å². The second-order valence-corrected chi connectivity index (χ2v) is 4.41. The fraction of sp³-hybridized carbons (Fsp3) is 0.167. The number of aryl methyl sites for hydroxylation is 2. The van der Waals surface area contributed by atoms with E-state index in [2.05, 4.69) is 10.1 Å². The Morgan fingerprint density at radius 2 is 1.90 bits per heavy atom. The van der Waals surface area contributed by atoms with Gasteiger partial charge in [0.15, 0.2) is 17.3 Å². The van der Waals surface area contributed by atoms with Gasteiger partial charge in [0.2, 0.25) is 5.95 Å². The molecule has 0 aliphatic heterocycles. The van der Waals surface area contributed by atoms with E-state index in [9.17, 15) is 13.2 Å². The third kappa shape index (κ3) is 1.57. The molecule has 0 amide bonds. The van der Waals surface area contributed by atoms with Crippen molar-refractivity contribution >= 4 is 17.1 Å². The van der Waals surface area contributed by atoms with Crippen LogP contribution in [0.4, 0.5) is 19.1 Å². The molecule has 0 aliphatic carbocycles. The second-order valence-electron chi connectivity index (χ2n) is 4.41. The first kappa shape index (κ1) is 12.5. The highest BCUT2D eigenvalue weighted by molar-refractivity contribution is 5.80. The Kier molecular flexibility index (Phi) is 2.50. The van der Waals surface area contributed by atoms with E-state index in [0.717, 1.165) is 10.6 Å². The van der Waals surface area contributed by atoms with Crippen LogP contribution in [-0.4, -0.2) is 19.3 Å². The lowest BCUT2D eigenvalue weighted by Gasteiger charge is -2.09.